The zero-order chi connectivity index (χ0) is 20.1. The van der Waals surface area contributed by atoms with Crippen LogP contribution < -0.4 is 15.4 Å². The first-order valence-corrected chi connectivity index (χ1v) is 10.7. The third kappa shape index (κ3) is 4.79. The Morgan fingerprint density at radius 3 is 2.43 bits per heavy atom. The van der Waals surface area contributed by atoms with Gasteiger partial charge in [-0.15, -0.1) is 0 Å². The molecule has 0 amide bonds. The zero-order valence-electron chi connectivity index (χ0n) is 15.8. The van der Waals surface area contributed by atoms with E-state index in [0.29, 0.717) is 42.9 Å². The van der Waals surface area contributed by atoms with Gasteiger partial charge >= 0.3 is 0 Å². The van der Waals surface area contributed by atoms with Crippen molar-refractivity contribution in [3.63, 3.8) is 0 Å². The molecule has 0 saturated carbocycles. The van der Waals surface area contributed by atoms with Crippen LogP contribution in [0, 0.1) is 6.92 Å². The number of morpholine rings is 1. The average Bonchev–Trinajstić information content (AvgIpc) is 2.70. The molecule has 0 atom stereocenters. The van der Waals surface area contributed by atoms with Crippen LogP contribution in [-0.4, -0.2) is 51.2 Å². The number of ether oxygens (including phenoxy) is 2. The van der Waals surface area contributed by atoms with E-state index in [0.717, 1.165) is 11.3 Å². The van der Waals surface area contributed by atoms with E-state index < -0.39 is 10.0 Å². The summed E-state index contributed by atoms with van der Waals surface area (Å²) in [6.45, 7) is 3.37. The van der Waals surface area contributed by atoms with Crippen molar-refractivity contribution in [3.8, 4) is 5.75 Å². The second-order valence-corrected chi connectivity index (χ2v) is 8.64. The second-order valence-electron chi connectivity index (χ2n) is 6.32. The standard InChI is InChI=1S/C19H23N3O4S2/c1-14-3-5-15(6-4-14)20-19(27)21-17-8-7-16(25-2)13-18(17)28(23,24)22-9-11-26-12-10-22/h3-8,13H,9-12H2,1-2H3,(H2,20,21,27). The fourth-order valence-corrected chi connectivity index (χ4v) is 4.59. The van der Waals surface area contributed by atoms with Crippen molar-refractivity contribution in [1.29, 1.82) is 0 Å². The molecule has 0 aliphatic carbocycles. The van der Waals surface area contributed by atoms with E-state index in [1.54, 1.807) is 12.1 Å². The van der Waals surface area contributed by atoms with Crippen LogP contribution in [-0.2, 0) is 14.8 Å². The molecule has 28 heavy (non-hydrogen) atoms. The van der Waals surface area contributed by atoms with Crippen molar-refractivity contribution in [2.45, 2.75) is 11.8 Å². The molecule has 2 aromatic rings. The summed E-state index contributed by atoms with van der Waals surface area (Å²) < 4.78 is 38.2. The van der Waals surface area contributed by atoms with Crippen LogP contribution in [0.25, 0.3) is 0 Å². The monoisotopic (exact) mass is 421 g/mol. The highest BCUT2D eigenvalue weighted by molar-refractivity contribution is 7.89. The number of nitrogens with zero attached hydrogens (tertiary/aromatic N) is 1. The first kappa shape index (κ1) is 20.5. The predicted octanol–water partition coefficient (Wildman–Crippen LogP) is 2.83. The Morgan fingerprint density at radius 1 is 1.11 bits per heavy atom. The van der Waals surface area contributed by atoms with Gasteiger partial charge in [0.1, 0.15) is 10.6 Å². The number of methoxy groups -OCH3 is 1. The largest absolute Gasteiger partial charge is 0.497 e. The molecule has 0 spiro atoms. The maximum absolute atomic E-state index is 13.2. The molecule has 0 unspecified atom stereocenters. The summed E-state index contributed by atoms with van der Waals surface area (Å²) >= 11 is 5.37. The minimum absolute atomic E-state index is 0.113. The zero-order valence-corrected chi connectivity index (χ0v) is 17.4. The van der Waals surface area contributed by atoms with Crippen molar-refractivity contribution >= 4 is 38.7 Å². The van der Waals surface area contributed by atoms with E-state index in [2.05, 4.69) is 10.6 Å². The van der Waals surface area contributed by atoms with E-state index >= 15 is 0 Å². The Bertz CT molecular complexity index is 940. The highest BCUT2D eigenvalue weighted by atomic mass is 32.2. The maximum atomic E-state index is 13.2. The molecular formula is C19H23N3O4S2. The summed E-state index contributed by atoms with van der Waals surface area (Å²) in [6.07, 6.45) is 0. The SMILES string of the molecule is COc1ccc(NC(=S)Nc2ccc(C)cc2)c(S(=O)(=O)N2CCOCC2)c1. The van der Waals surface area contributed by atoms with Gasteiger partial charge in [0, 0.05) is 24.8 Å². The summed E-state index contributed by atoms with van der Waals surface area (Å²) in [5.74, 6) is 0.454. The van der Waals surface area contributed by atoms with Gasteiger partial charge in [-0.1, -0.05) is 17.7 Å². The molecule has 2 N–H and O–H groups in total. The number of aryl methyl sites for hydroxylation is 1. The Labute approximate surface area is 170 Å². The van der Waals surface area contributed by atoms with Gasteiger partial charge in [0.15, 0.2) is 5.11 Å². The van der Waals surface area contributed by atoms with Gasteiger partial charge in [-0.05, 0) is 43.4 Å². The molecule has 1 saturated heterocycles. The van der Waals surface area contributed by atoms with Crippen LogP contribution in [0.2, 0.25) is 0 Å². The molecule has 150 valence electrons. The Hall–Kier alpha value is -2.20. The predicted molar refractivity (Wildman–Crippen MR) is 114 cm³/mol. The number of hydrogen-bond acceptors (Lipinski definition) is 5. The fraction of sp³-hybridized carbons (Fsp3) is 0.316. The van der Waals surface area contributed by atoms with Crippen molar-refractivity contribution < 1.29 is 17.9 Å². The number of nitrogens with one attached hydrogen (secondary N) is 2. The van der Waals surface area contributed by atoms with Crippen molar-refractivity contribution in [3.05, 3.63) is 48.0 Å². The first-order chi connectivity index (χ1) is 13.4. The average molecular weight is 422 g/mol. The molecule has 0 radical (unpaired) electrons. The Kier molecular flexibility index (Phi) is 6.50. The van der Waals surface area contributed by atoms with E-state index in [9.17, 15) is 8.42 Å². The lowest BCUT2D eigenvalue weighted by Gasteiger charge is -2.27. The number of anilines is 2. The highest BCUT2D eigenvalue weighted by Crippen LogP contribution is 2.29. The van der Waals surface area contributed by atoms with Crippen LogP contribution in [0.5, 0.6) is 5.75 Å². The normalized spacial score (nSPS) is 15.1. The van der Waals surface area contributed by atoms with Crippen molar-refractivity contribution in [2.24, 2.45) is 0 Å². The van der Waals surface area contributed by atoms with E-state index in [4.69, 9.17) is 21.7 Å². The summed E-state index contributed by atoms with van der Waals surface area (Å²) in [4.78, 5) is 0.113. The third-order valence-electron chi connectivity index (χ3n) is 4.33. The minimum atomic E-state index is -3.73. The molecule has 7 nitrogen and oxygen atoms in total. The lowest BCUT2D eigenvalue weighted by atomic mass is 10.2. The molecule has 1 aliphatic rings. The topological polar surface area (TPSA) is 79.9 Å². The minimum Gasteiger partial charge on any atom is -0.497 e. The highest BCUT2D eigenvalue weighted by Gasteiger charge is 2.29. The quantitative estimate of drug-likeness (QED) is 0.719. The third-order valence-corrected chi connectivity index (χ3v) is 6.48. The number of thiocarbonyl (C=S) groups is 1. The second kappa shape index (κ2) is 8.87. The molecule has 1 heterocycles. The van der Waals surface area contributed by atoms with Gasteiger partial charge in [-0.25, -0.2) is 8.42 Å². The summed E-state index contributed by atoms with van der Waals surface area (Å²) in [5.41, 5.74) is 2.34. The molecule has 1 fully saturated rings. The van der Waals surface area contributed by atoms with Crippen molar-refractivity contribution in [1.82, 2.24) is 4.31 Å². The van der Waals surface area contributed by atoms with Crippen LogP contribution in [0.4, 0.5) is 11.4 Å². The molecule has 2 aromatic carbocycles. The van der Waals surface area contributed by atoms with Gasteiger partial charge in [-0.2, -0.15) is 4.31 Å². The maximum Gasteiger partial charge on any atom is 0.245 e. The molecular weight excluding hydrogens is 398 g/mol. The van der Waals surface area contributed by atoms with Gasteiger partial charge in [0.25, 0.3) is 0 Å². The lowest BCUT2D eigenvalue weighted by Crippen LogP contribution is -2.41. The van der Waals surface area contributed by atoms with E-state index in [1.807, 2.05) is 31.2 Å². The summed E-state index contributed by atoms with van der Waals surface area (Å²) in [5, 5.41) is 6.36. The molecule has 1 aliphatic heterocycles. The summed E-state index contributed by atoms with van der Waals surface area (Å²) in [6, 6.07) is 12.6. The van der Waals surface area contributed by atoms with Crippen LogP contribution in [0.1, 0.15) is 5.56 Å². The number of rotatable bonds is 5. The van der Waals surface area contributed by atoms with Gasteiger partial charge in [0.05, 0.1) is 26.0 Å². The first-order valence-electron chi connectivity index (χ1n) is 8.81. The van der Waals surface area contributed by atoms with Gasteiger partial charge in [0.2, 0.25) is 10.0 Å². The summed E-state index contributed by atoms with van der Waals surface area (Å²) in [7, 11) is -2.23. The van der Waals surface area contributed by atoms with Crippen LogP contribution >= 0.6 is 12.2 Å². The fourth-order valence-electron chi connectivity index (χ4n) is 2.79. The molecule has 3 rings (SSSR count). The van der Waals surface area contributed by atoms with E-state index in [-0.39, 0.29) is 4.90 Å². The van der Waals surface area contributed by atoms with Crippen LogP contribution in [0.3, 0.4) is 0 Å². The number of benzene rings is 2. The lowest BCUT2D eigenvalue weighted by molar-refractivity contribution is 0.0730. The Morgan fingerprint density at radius 2 is 1.79 bits per heavy atom. The number of sulfonamides is 1. The van der Waals surface area contributed by atoms with Crippen molar-refractivity contribution in [2.75, 3.05) is 44.0 Å². The Balaban J connectivity index is 1.86. The van der Waals surface area contributed by atoms with E-state index in [1.165, 1.54) is 17.5 Å². The molecule has 0 bridgehead atoms. The molecule has 9 heteroatoms. The van der Waals surface area contributed by atoms with Gasteiger partial charge in [-0.3, -0.25) is 0 Å². The van der Waals surface area contributed by atoms with Gasteiger partial charge < -0.3 is 20.1 Å². The molecule has 0 aromatic heterocycles. The van der Waals surface area contributed by atoms with Crippen LogP contribution in [0.15, 0.2) is 47.4 Å². The smallest absolute Gasteiger partial charge is 0.245 e. The number of hydrogen-bond donors (Lipinski definition) is 2.